The largest absolute Gasteiger partial charge is 0.321 e. The van der Waals surface area contributed by atoms with Crippen LogP contribution < -0.4 is 5.32 Å². The minimum absolute atomic E-state index is 0.191. The topological polar surface area (TPSA) is 54.9 Å². The van der Waals surface area contributed by atoms with Crippen LogP contribution in [0.1, 0.15) is 16.1 Å². The summed E-state index contributed by atoms with van der Waals surface area (Å²) in [6.45, 7) is 1.83. The van der Waals surface area contributed by atoms with Crippen molar-refractivity contribution in [3.05, 3.63) is 76.7 Å². The van der Waals surface area contributed by atoms with Gasteiger partial charge >= 0.3 is 0 Å². The Bertz CT molecular complexity index is 850. The normalized spacial score (nSPS) is 10.3. The average molecular weight is 368 g/mol. The first-order valence-electron chi connectivity index (χ1n) is 7.08. The summed E-state index contributed by atoms with van der Waals surface area (Å²) >= 11 is 3.45. The average Bonchev–Trinajstić information content (AvgIpc) is 2.55. The zero-order chi connectivity index (χ0) is 16.2. The van der Waals surface area contributed by atoms with Crippen LogP contribution >= 0.6 is 15.9 Å². The van der Waals surface area contributed by atoms with Crippen LogP contribution in [0.5, 0.6) is 0 Å². The molecule has 0 bridgehead atoms. The quantitative estimate of drug-likeness (QED) is 0.742. The molecule has 0 spiro atoms. The van der Waals surface area contributed by atoms with Gasteiger partial charge in [-0.3, -0.25) is 14.8 Å². The van der Waals surface area contributed by atoms with Gasteiger partial charge in [-0.15, -0.1) is 0 Å². The van der Waals surface area contributed by atoms with Crippen molar-refractivity contribution in [3.63, 3.8) is 0 Å². The number of anilines is 1. The summed E-state index contributed by atoms with van der Waals surface area (Å²) in [6.07, 6.45) is 3.27. The minimum atomic E-state index is -0.191. The number of hydrogen-bond donors (Lipinski definition) is 1. The molecule has 0 unspecified atom stereocenters. The molecule has 4 nitrogen and oxygen atoms in total. The number of aromatic nitrogens is 2. The van der Waals surface area contributed by atoms with E-state index in [4.69, 9.17) is 0 Å². The Kier molecular flexibility index (Phi) is 4.48. The number of nitrogens with zero attached hydrogens (tertiary/aromatic N) is 2. The molecule has 0 aliphatic rings. The molecule has 1 N–H and O–H groups in total. The van der Waals surface area contributed by atoms with Crippen molar-refractivity contribution in [1.29, 1.82) is 0 Å². The third-order valence-electron chi connectivity index (χ3n) is 3.37. The van der Waals surface area contributed by atoms with Gasteiger partial charge in [-0.2, -0.15) is 0 Å². The molecule has 0 radical (unpaired) electrons. The molecule has 1 aromatic carbocycles. The Morgan fingerprint density at radius 1 is 1.13 bits per heavy atom. The molecule has 2 heterocycles. The summed E-state index contributed by atoms with van der Waals surface area (Å²) in [5.41, 5.74) is 3.73. The van der Waals surface area contributed by atoms with Crippen molar-refractivity contribution in [3.8, 4) is 11.3 Å². The lowest BCUT2D eigenvalue weighted by Crippen LogP contribution is -2.14. The molecular weight excluding hydrogens is 354 g/mol. The fourth-order valence-corrected chi connectivity index (χ4v) is 2.64. The number of carbonyl (C=O) groups is 1. The van der Waals surface area contributed by atoms with E-state index in [0.717, 1.165) is 15.7 Å². The van der Waals surface area contributed by atoms with Crippen molar-refractivity contribution < 1.29 is 4.79 Å². The molecule has 0 fully saturated rings. The van der Waals surface area contributed by atoms with E-state index in [1.165, 1.54) is 0 Å². The van der Waals surface area contributed by atoms with Crippen LogP contribution in [0.2, 0.25) is 0 Å². The first-order valence-corrected chi connectivity index (χ1v) is 7.88. The van der Waals surface area contributed by atoms with Crippen LogP contribution in [-0.4, -0.2) is 15.9 Å². The monoisotopic (exact) mass is 367 g/mol. The van der Waals surface area contributed by atoms with Gasteiger partial charge in [0.25, 0.3) is 5.91 Å². The smallest absolute Gasteiger partial charge is 0.257 e. The molecule has 0 saturated heterocycles. The fourth-order valence-electron chi connectivity index (χ4n) is 2.24. The number of carbonyl (C=O) groups excluding carboxylic acids is 1. The number of nitrogens with one attached hydrogen (secondary N) is 1. The maximum atomic E-state index is 12.4. The molecule has 23 heavy (non-hydrogen) atoms. The number of rotatable bonds is 3. The summed E-state index contributed by atoms with van der Waals surface area (Å²) in [4.78, 5) is 20.9. The molecular formula is C18H14BrN3O. The van der Waals surface area contributed by atoms with E-state index in [1.54, 1.807) is 30.6 Å². The SMILES string of the molecule is Cc1nc(-c2cccc(Br)c2)ccc1C(=O)Nc1cccnc1. The molecule has 3 aromatic rings. The molecule has 0 saturated carbocycles. The van der Waals surface area contributed by atoms with Gasteiger partial charge < -0.3 is 5.32 Å². The second-order valence-corrected chi connectivity index (χ2v) is 5.95. The lowest BCUT2D eigenvalue weighted by atomic mass is 10.1. The van der Waals surface area contributed by atoms with Crippen LogP contribution in [0.15, 0.2) is 65.4 Å². The lowest BCUT2D eigenvalue weighted by molar-refractivity contribution is 0.102. The second kappa shape index (κ2) is 6.71. The standard InChI is InChI=1S/C18H14BrN3O/c1-12-16(18(23)22-15-6-3-9-20-11-15)7-8-17(21-12)13-4-2-5-14(19)10-13/h2-11H,1H3,(H,22,23). The molecule has 2 aromatic heterocycles. The van der Waals surface area contributed by atoms with Crippen molar-refractivity contribution >= 4 is 27.5 Å². The predicted molar refractivity (Wildman–Crippen MR) is 94.3 cm³/mol. The highest BCUT2D eigenvalue weighted by atomic mass is 79.9. The molecule has 5 heteroatoms. The van der Waals surface area contributed by atoms with Crippen molar-refractivity contribution in [2.24, 2.45) is 0 Å². The van der Waals surface area contributed by atoms with E-state index < -0.39 is 0 Å². The number of hydrogen-bond acceptors (Lipinski definition) is 3. The van der Waals surface area contributed by atoms with Gasteiger partial charge in [0.05, 0.1) is 28.8 Å². The third-order valence-corrected chi connectivity index (χ3v) is 3.86. The summed E-state index contributed by atoms with van der Waals surface area (Å²) < 4.78 is 0.993. The van der Waals surface area contributed by atoms with E-state index >= 15 is 0 Å². The van der Waals surface area contributed by atoms with Crippen LogP contribution in [-0.2, 0) is 0 Å². The van der Waals surface area contributed by atoms with E-state index in [-0.39, 0.29) is 5.91 Å². The molecule has 0 aliphatic heterocycles. The van der Waals surface area contributed by atoms with E-state index in [2.05, 4.69) is 31.2 Å². The van der Waals surface area contributed by atoms with Gasteiger partial charge in [0.15, 0.2) is 0 Å². The maximum Gasteiger partial charge on any atom is 0.257 e. The molecule has 0 aliphatic carbocycles. The van der Waals surface area contributed by atoms with E-state index in [0.29, 0.717) is 16.9 Å². The first kappa shape index (κ1) is 15.4. The molecule has 1 amide bonds. The van der Waals surface area contributed by atoms with Crippen LogP contribution in [0.4, 0.5) is 5.69 Å². The van der Waals surface area contributed by atoms with Crippen molar-refractivity contribution in [2.45, 2.75) is 6.92 Å². The van der Waals surface area contributed by atoms with Gasteiger partial charge in [-0.05, 0) is 43.3 Å². The Balaban J connectivity index is 1.86. The first-order chi connectivity index (χ1) is 11.1. The van der Waals surface area contributed by atoms with Crippen LogP contribution in [0, 0.1) is 6.92 Å². The number of aryl methyl sites for hydroxylation is 1. The number of benzene rings is 1. The van der Waals surface area contributed by atoms with Gasteiger partial charge in [0.2, 0.25) is 0 Å². The number of pyridine rings is 2. The highest BCUT2D eigenvalue weighted by Gasteiger charge is 2.12. The van der Waals surface area contributed by atoms with Gasteiger partial charge in [0.1, 0.15) is 0 Å². The number of halogens is 1. The maximum absolute atomic E-state index is 12.4. The molecule has 0 atom stereocenters. The summed E-state index contributed by atoms with van der Waals surface area (Å²) in [7, 11) is 0. The molecule has 3 rings (SSSR count). The zero-order valence-corrected chi connectivity index (χ0v) is 14.0. The Morgan fingerprint density at radius 2 is 2.00 bits per heavy atom. The fraction of sp³-hybridized carbons (Fsp3) is 0.0556. The molecule has 114 valence electrons. The zero-order valence-electron chi connectivity index (χ0n) is 12.5. The minimum Gasteiger partial charge on any atom is -0.321 e. The van der Waals surface area contributed by atoms with Crippen molar-refractivity contribution in [1.82, 2.24) is 9.97 Å². The van der Waals surface area contributed by atoms with Crippen LogP contribution in [0.3, 0.4) is 0 Å². The van der Waals surface area contributed by atoms with Gasteiger partial charge in [-0.25, -0.2) is 0 Å². The summed E-state index contributed by atoms with van der Waals surface area (Å²) in [5, 5.41) is 2.82. The summed E-state index contributed by atoms with van der Waals surface area (Å²) in [6, 6.07) is 15.1. The predicted octanol–water partition coefficient (Wildman–Crippen LogP) is 4.47. The second-order valence-electron chi connectivity index (χ2n) is 5.04. The Labute approximate surface area is 142 Å². The van der Waals surface area contributed by atoms with Crippen LogP contribution in [0.25, 0.3) is 11.3 Å². The third kappa shape index (κ3) is 3.63. The van der Waals surface area contributed by atoms with Gasteiger partial charge in [0, 0.05) is 16.2 Å². The Morgan fingerprint density at radius 3 is 2.70 bits per heavy atom. The van der Waals surface area contributed by atoms with Gasteiger partial charge in [-0.1, -0.05) is 28.1 Å². The van der Waals surface area contributed by atoms with Crippen molar-refractivity contribution in [2.75, 3.05) is 5.32 Å². The highest BCUT2D eigenvalue weighted by Crippen LogP contribution is 2.22. The van der Waals surface area contributed by atoms with E-state index in [1.807, 2.05) is 37.3 Å². The Hall–Kier alpha value is -2.53. The summed E-state index contributed by atoms with van der Waals surface area (Å²) in [5.74, 6) is -0.191. The highest BCUT2D eigenvalue weighted by molar-refractivity contribution is 9.10. The lowest BCUT2D eigenvalue weighted by Gasteiger charge is -2.09. The van der Waals surface area contributed by atoms with E-state index in [9.17, 15) is 4.79 Å². The number of amides is 1.